The van der Waals surface area contributed by atoms with Crippen LogP contribution in [0.2, 0.25) is 0 Å². The van der Waals surface area contributed by atoms with E-state index in [1.54, 1.807) is 23.1 Å². The number of sulfonamides is 1. The molecule has 3 amide bonds. The van der Waals surface area contributed by atoms with Crippen LogP contribution < -0.4 is 15.5 Å². The first kappa shape index (κ1) is 24.2. The quantitative estimate of drug-likeness (QED) is 0.678. The molecule has 1 atom stereocenters. The number of nitrogens with zero attached hydrogens (tertiary/aromatic N) is 2. The maximum absolute atomic E-state index is 13.4. The molecule has 2 heterocycles. The van der Waals surface area contributed by atoms with Crippen molar-refractivity contribution in [3.05, 3.63) is 53.6 Å². The molecule has 2 N–H and O–H groups in total. The molecule has 182 valence electrons. The van der Waals surface area contributed by atoms with Gasteiger partial charge >= 0.3 is 6.03 Å². The molecule has 4 rings (SSSR count). The van der Waals surface area contributed by atoms with Crippen molar-refractivity contribution in [2.75, 3.05) is 36.4 Å². The Morgan fingerprint density at radius 3 is 2.56 bits per heavy atom. The highest BCUT2D eigenvalue weighted by Gasteiger charge is 2.31. The molecule has 0 saturated carbocycles. The van der Waals surface area contributed by atoms with Gasteiger partial charge in [-0.3, -0.25) is 4.79 Å². The Hall–Kier alpha value is -2.91. The zero-order valence-corrected chi connectivity index (χ0v) is 20.5. The minimum Gasteiger partial charge on any atom is -0.338 e. The third kappa shape index (κ3) is 5.42. The van der Waals surface area contributed by atoms with Crippen LogP contribution in [0.3, 0.4) is 0 Å². The number of carbonyl (C=O) groups is 2. The highest BCUT2D eigenvalue weighted by Crippen LogP contribution is 2.31. The van der Waals surface area contributed by atoms with Crippen LogP contribution in [0.25, 0.3) is 0 Å². The van der Waals surface area contributed by atoms with Gasteiger partial charge in [0.2, 0.25) is 15.9 Å². The van der Waals surface area contributed by atoms with Crippen LogP contribution in [-0.4, -0.2) is 50.8 Å². The molecule has 1 unspecified atom stereocenters. The van der Waals surface area contributed by atoms with Crippen LogP contribution in [0.1, 0.15) is 37.3 Å². The van der Waals surface area contributed by atoms with E-state index in [-0.39, 0.29) is 22.8 Å². The largest absolute Gasteiger partial charge is 0.338 e. The first-order valence-corrected chi connectivity index (χ1v) is 13.2. The van der Waals surface area contributed by atoms with Gasteiger partial charge in [-0.25, -0.2) is 13.2 Å². The molecule has 2 aromatic carbocycles. The molecule has 2 aliphatic rings. The molecule has 0 aromatic heterocycles. The van der Waals surface area contributed by atoms with Crippen LogP contribution in [0.15, 0.2) is 47.4 Å². The Morgan fingerprint density at radius 1 is 1.06 bits per heavy atom. The third-order valence-electron chi connectivity index (χ3n) is 6.53. The van der Waals surface area contributed by atoms with Crippen LogP contribution in [-0.2, 0) is 21.2 Å². The predicted molar refractivity (Wildman–Crippen MR) is 132 cm³/mol. The number of carbonyl (C=O) groups excluding carboxylic acids is 2. The topological polar surface area (TPSA) is 98.8 Å². The number of hydrogen-bond acceptors (Lipinski definition) is 4. The van der Waals surface area contributed by atoms with Gasteiger partial charge in [0.1, 0.15) is 0 Å². The molecule has 0 aliphatic carbocycles. The van der Waals surface area contributed by atoms with Crippen molar-refractivity contribution in [2.45, 2.75) is 44.4 Å². The standard InChI is InChI=1S/C25H32N4O4S/c1-18-7-9-22(10-8-18)27-25(31)26-16-20-5-3-13-28(17-20)34(32,33)23-11-12-24-21(15-23)6-4-14-29(24)19(2)30/h7-12,15,20H,3-6,13-14,16-17H2,1-2H3,(H2,26,27,31). The SMILES string of the molecule is CC(=O)N1CCCc2cc(S(=O)(=O)N3CCCC(CNC(=O)Nc4ccc(C)cc4)C3)ccc21. The molecule has 0 radical (unpaired) electrons. The molecule has 2 aliphatic heterocycles. The summed E-state index contributed by atoms with van der Waals surface area (Å²) in [5.41, 5.74) is 3.53. The minimum absolute atomic E-state index is 0.0330. The summed E-state index contributed by atoms with van der Waals surface area (Å²) < 4.78 is 28.3. The van der Waals surface area contributed by atoms with Crippen LogP contribution in [0, 0.1) is 12.8 Å². The second-order valence-corrected chi connectivity index (χ2v) is 11.1. The van der Waals surface area contributed by atoms with Gasteiger partial charge in [-0.15, -0.1) is 0 Å². The first-order valence-electron chi connectivity index (χ1n) is 11.8. The molecule has 34 heavy (non-hydrogen) atoms. The molecule has 1 fully saturated rings. The lowest BCUT2D eigenvalue weighted by atomic mass is 10.00. The van der Waals surface area contributed by atoms with E-state index in [0.29, 0.717) is 31.9 Å². The van der Waals surface area contributed by atoms with Crippen LogP contribution in [0.5, 0.6) is 0 Å². The van der Waals surface area contributed by atoms with E-state index >= 15 is 0 Å². The summed E-state index contributed by atoms with van der Waals surface area (Å²) in [7, 11) is -3.66. The molecule has 0 spiro atoms. The van der Waals surface area contributed by atoms with Crippen LogP contribution in [0.4, 0.5) is 16.2 Å². The Balaban J connectivity index is 1.39. The number of nitrogens with one attached hydrogen (secondary N) is 2. The van der Waals surface area contributed by atoms with Gasteiger partial charge in [0.05, 0.1) is 4.90 Å². The summed E-state index contributed by atoms with van der Waals surface area (Å²) in [5.74, 6) is 0.00692. The number of piperidine rings is 1. The maximum Gasteiger partial charge on any atom is 0.319 e. The highest BCUT2D eigenvalue weighted by molar-refractivity contribution is 7.89. The number of fused-ring (bicyclic) bond motifs is 1. The fourth-order valence-corrected chi connectivity index (χ4v) is 6.28. The lowest BCUT2D eigenvalue weighted by Crippen LogP contribution is -2.44. The van der Waals surface area contributed by atoms with Crippen molar-refractivity contribution in [3.8, 4) is 0 Å². The molecular formula is C25H32N4O4S. The number of benzene rings is 2. The summed E-state index contributed by atoms with van der Waals surface area (Å²) in [6, 6.07) is 12.3. The lowest BCUT2D eigenvalue weighted by molar-refractivity contribution is -0.116. The normalized spacial score (nSPS) is 18.8. The smallest absolute Gasteiger partial charge is 0.319 e. The Kier molecular flexibility index (Phi) is 7.23. The number of anilines is 2. The van der Waals surface area contributed by atoms with Crippen molar-refractivity contribution in [1.29, 1.82) is 0 Å². The Bertz CT molecular complexity index is 1160. The molecular weight excluding hydrogens is 452 g/mol. The Morgan fingerprint density at radius 2 is 1.82 bits per heavy atom. The van der Waals surface area contributed by atoms with E-state index in [4.69, 9.17) is 0 Å². The molecule has 0 bridgehead atoms. The van der Waals surface area contributed by atoms with Crippen molar-refractivity contribution < 1.29 is 18.0 Å². The van der Waals surface area contributed by atoms with Gasteiger partial charge in [0.15, 0.2) is 0 Å². The second-order valence-electron chi connectivity index (χ2n) is 9.14. The van der Waals surface area contributed by atoms with Crippen molar-refractivity contribution >= 4 is 33.3 Å². The summed E-state index contributed by atoms with van der Waals surface area (Å²) in [4.78, 5) is 26.2. The Labute approximate surface area is 201 Å². The minimum atomic E-state index is -3.66. The molecule has 2 aromatic rings. The van der Waals surface area contributed by atoms with E-state index < -0.39 is 10.0 Å². The highest BCUT2D eigenvalue weighted by atomic mass is 32.2. The molecule has 8 nitrogen and oxygen atoms in total. The molecule has 9 heteroatoms. The van der Waals surface area contributed by atoms with E-state index in [0.717, 1.165) is 42.5 Å². The lowest BCUT2D eigenvalue weighted by Gasteiger charge is -2.33. The fourth-order valence-electron chi connectivity index (χ4n) is 4.67. The van der Waals surface area contributed by atoms with Crippen molar-refractivity contribution in [3.63, 3.8) is 0 Å². The van der Waals surface area contributed by atoms with E-state index in [9.17, 15) is 18.0 Å². The summed E-state index contributed by atoms with van der Waals surface area (Å²) >= 11 is 0. The van der Waals surface area contributed by atoms with Gasteiger partial charge in [0, 0.05) is 44.5 Å². The average molecular weight is 485 g/mol. The molecule has 1 saturated heterocycles. The first-order chi connectivity index (χ1) is 16.2. The second kappa shape index (κ2) is 10.1. The van der Waals surface area contributed by atoms with Crippen molar-refractivity contribution in [1.82, 2.24) is 9.62 Å². The van der Waals surface area contributed by atoms with E-state index in [2.05, 4.69) is 10.6 Å². The predicted octanol–water partition coefficient (Wildman–Crippen LogP) is 3.52. The maximum atomic E-state index is 13.4. The third-order valence-corrected chi connectivity index (χ3v) is 8.39. The number of aryl methyl sites for hydroxylation is 2. The van der Waals surface area contributed by atoms with Gasteiger partial charge in [-0.05, 0) is 74.4 Å². The fraction of sp³-hybridized carbons (Fsp3) is 0.440. The summed E-state index contributed by atoms with van der Waals surface area (Å²) in [6.45, 7) is 5.41. The summed E-state index contributed by atoms with van der Waals surface area (Å²) in [6.07, 6.45) is 3.17. The van der Waals surface area contributed by atoms with Gasteiger partial charge in [0.25, 0.3) is 0 Å². The van der Waals surface area contributed by atoms with E-state index in [1.165, 1.54) is 11.2 Å². The van der Waals surface area contributed by atoms with Crippen molar-refractivity contribution in [2.24, 2.45) is 5.92 Å². The number of urea groups is 1. The van der Waals surface area contributed by atoms with E-state index in [1.807, 2.05) is 31.2 Å². The zero-order chi connectivity index (χ0) is 24.3. The monoisotopic (exact) mass is 484 g/mol. The number of amides is 3. The number of hydrogen-bond donors (Lipinski definition) is 2. The summed E-state index contributed by atoms with van der Waals surface area (Å²) in [5, 5.41) is 5.68. The van der Waals surface area contributed by atoms with Gasteiger partial charge in [-0.1, -0.05) is 17.7 Å². The van der Waals surface area contributed by atoms with Crippen LogP contribution >= 0.6 is 0 Å². The average Bonchev–Trinajstić information content (AvgIpc) is 2.83. The van der Waals surface area contributed by atoms with Gasteiger partial charge in [-0.2, -0.15) is 4.31 Å². The number of rotatable bonds is 5. The van der Waals surface area contributed by atoms with Gasteiger partial charge < -0.3 is 15.5 Å². The zero-order valence-electron chi connectivity index (χ0n) is 19.7.